The number of rotatable bonds is 5. The first-order chi connectivity index (χ1) is 7.95. The monoisotopic (exact) mass is 242 g/mol. The number of nitrogens with one attached hydrogen (secondary N) is 1. The molecule has 1 saturated heterocycles. The zero-order valence-corrected chi connectivity index (χ0v) is 11.3. The molecule has 1 heterocycles. The molecule has 0 aromatic heterocycles. The Morgan fingerprint density at radius 1 is 1.59 bits per heavy atom. The Balaban J connectivity index is 2.32. The van der Waals surface area contributed by atoms with Gasteiger partial charge >= 0.3 is 0 Å². The summed E-state index contributed by atoms with van der Waals surface area (Å²) in [7, 11) is 0. The summed E-state index contributed by atoms with van der Waals surface area (Å²) in [6, 6.07) is 0. The van der Waals surface area contributed by atoms with Crippen LogP contribution >= 0.6 is 0 Å². The van der Waals surface area contributed by atoms with Gasteiger partial charge in [0.25, 0.3) is 0 Å². The lowest BCUT2D eigenvalue weighted by Gasteiger charge is -2.29. The number of hydrogen-bond acceptors (Lipinski definition) is 3. The van der Waals surface area contributed by atoms with Gasteiger partial charge < -0.3 is 15.8 Å². The van der Waals surface area contributed by atoms with Gasteiger partial charge in [-0.3, -0.25) is 4.79 Å². The lowest BCUT2D eigenvalue weighted by atomic mass is 9.94. The van der Waals surface area contributed by atoms with Crippen molar-refractivity contribution in [1.82, 2.24) is 5.32 Å². The Morgan fingerprint density at radius 2 is 2.29 bits per heavy atom. The molecular formula is C13H26N2O2. The maximum Gasteiger partial charge on any atom is 0.239 e. The average Bonchev–Trinajstić information content (AvgIpc) is 2.26. The maximum atomic E-state index is 11.9. The molecule has 1 fully saturated rings. The van der Waals surface area contributed by atoms with E-state index in [1.54, 1.807) is 6.92 Å². The second-order valence-electron chi connectivity index (χ2n) is 5.45. The summed E-state index contributed by atoms with van der Waals surface area (Å²) in [4.78, 5) is 11.9. The lowest BCUT2D eigenvalue weighted by Crippen LogP contribution is -2.52. The molecule has 0 radical (unpaired) electrons. The summed E-state index contributed by atoms with van der Waals surface area (Å²) >= 11 is 0. The van der Waals surface area contributed by atoms with Crippen LogP contribution in [-0.2, 0) is 9.53 Å². The van der Waals surface area contributed by atoms with Crippen molar-refractivity contribution in [2.45, 2.75) is 58.1 Å². The molecule has 0 aromatic rings. The van der Waals surface area contributed by atoms with Gasteiger partial charge in [0, 0.05) is 13.2 Å². The van der Waals surface area contributed by atoms with Gasteiger partial charge in [0.1, 0.15) is 0 Å². The first-order valence-corrected chi connectivity index (χ1v) is 6.64. The van der Waals surface area contributed by atoms with Crippen LogP contribution < -0.4 is 11.1 Å². The molecule has 1 rings (SSSR count). The molecule has 0 bridgehead atoms. The molecule has 0 spiro atoms. The van der Waals surface area contributed by atoms with Gasteiger partial charge in [0.15, 0.2) is 0 Å². The third-order valence-corrected chi connectivity index (χ3v) is 3.43. The molecule has 4 heteroatoms. The predicted molar refractivity (Wildman–Crippen MR) is 68.6 cm³/mol. The molecule has 100 valence electrons. The summed E-state index contributed by atoms with van der Waals surface area (Å²) in [6.45, 7) is 7.45. The largest absolute Gasteiger partial charge is 0.378 e. The molecular weight excluding hydrogens is 216 g/mol. The van der Waals surface area contributed by atoms with Gasteiger partial charge in [-0.15, -0.1) is 0 Å². The number of carbonyl (C=O) groups is 1. The van der Waals surface area contributed by atoms with Gasteiger partial charge in [0.2, 0.25) is 5.91 Å². The van der Waals surface area contributed by atoms with E-state index in [4.69, 9.17) is 10.5 Å². The number of nitrogens with two attached hydrogens (primary N) is 1. The van der Waals surface area contributed by atoms with E-state index in [0.717, 1.165) is 38.8 Å². The summed E-state index contributed by atoms with van der Waals surface area (Å²) in [6.07, 6.45) is 4.01. The van der Waals surface area contributed by atoms with Crippen molar-refractivity contribution in [2.24, 2.45) is 11.7 Å². The van der Waals surface area contributed by atoms with Crippen molar-refractivity contribution >= 4 is 5.91 Å². The minimum absolute atomic E-state index is 0.0292. The van der Waals surface area contributed by atoms with Crippen LogP contribution in [0.3, 0.4) is 0 Å². The van der Waals surface area contributed by atoms with Crippen molar-refractivity contribution in [3.63, 3.8) is 0 Å². The summed E-state index contributed by atoms with van der Waals surface area (Å²) in [5.74, 6) is 0.499. The van der Waals surface area contributed by atoms with Gasteiger partial charge in [-0.25, -0.2) is 0 Å². The maximum absolute atomic E-state index is 11.9. The summed E-state index contributed by atoms with van der Waals surface area (Å²) in [5, 5.41) is 2.98. The Morgan fingerprint density at radius 3 is 2.88 bits per heavy atom. The molecule has 0 saturated carbocycles. The van der Waals surface area contributed by atoms with E-state index in [1.807, 2.05) is 6.92 Å². The number of hydrogen-bond donors (Lipinski definition) is 2. The molecule has 1 aliphatic rings. The fraction of sp³-hybridized carbons (Fsp3) is 0.923. The highest BCUT2D eigenvalue weighted by atomic mass is 16.5. The van der Waals surface area contributed by atoms with Gasteiger partial charge in [-0.2, -0.15) is 0 Å². The first kappa shape index (κ1) is 14.5. The van der Waals surface area contributed by atoms with Gasteiger partial charge in [0.05, 0.1) is 11.6 Å². The first-order valence-electron chi connectivity index (χ1n) is 6.64. The Kier molecular flexibility index (Phi) is 5.40. The van der Waals surface area contributed by atoms with Crippen molar-refractivity contribution in [3.8, 4) is 0 Å². The average molecular weight is 242 g/mol. The zero-order valence-electron chi connectivity index (χ0n) is 11.3. The molecule has 4 nitrogen and oxygen atoms in total. The fourth-order valence-corrected chi connectivity index (χ4v) is 2.35. The second-order valence-corrected chi connectivity index (χ2v) is 5.45. The van der Waals surface area contributed by atoms with Crippen molar-refractivity contribution in [1.29, 1.82) is 0 Å². The quantitative estimate of drug-likeness (QED) is 0.766. The van der Waals surface area contributed by atoms with Crippen LogP contribution in [0.2, 0.25) is 0 Å². The van der Waals surface area contributed by atoms with Crippen molar-refractivity contribution in [2.75, 3.05) is 13.2 Å². The van der Waals surface area contributed by atoms with Gasteiger partial charge in [-0.1, -0.05) is 13.3 Å². The summed E-state index contributed by atoms with van der Waals surface area (Å²) in [5.41, 5.74) is 5.25. The molecule has 3 unspecified atom stereocenters. The van der Waals surface area contributed by atoms with Crippen LogP contribution in [0.4, 0.5) is 0 Å². The van der Waals surface area contributed by atoms with Crippen LogP contribution in [0.1, 0.15) is 46.5 Å². The minimum Gasteiger partial charge on any atom is -0.378 e. The van der Waals surface area contributed by atoms with Crippen LogP contribution in [0.5, 0.6) is 0 Å². The Labute approximate surface area is 104 Å². The normalized spacial score (nSPS) is 28.5. The van der Waals surface area contributed by atoms with Crippen LogP contribution in [0, 0.1) is 5.92 Å². The highest BCUT2D eigenvalue weighted by molar-refractivity contribution is 5.85. The van der Waals surface area contributed by atoms with E-state index < -0.39 is 5.54 Å². The zero-order chi connectivity index (χ0) is 12.9. The molecule has 0 aromatic carbocycles. The second kappa shape index (κ2) is 6.36. The standard InChI is InChI=1S/C13H26N2O2/c1-4-6-13(3,14)12(16)15-9-11-5-7-17-10(2)8-11/h10-11H,4-9,14H2,1-3H3,(H,15,16). The van der Waals surface area contributed by atoms with E-state index in [-0.39, 0.29) is 5.91 Å². The number of amides is 1. The highest BCUT2D eigenvalue weighted by Gasteiger charge is 2.28. The highest BCUT2D eigenvalue weighted by Crippen LogP contribution is 2.19. The topological polar surface area (TPSA) is 64.4 Å². The number of ether oxygens (including phenoxy) is 1. The SMILES string of the molecule is CCCC(C)(N)C(=O)NCC1CCOC(C)C1. The third kappa shape index (κ3) is 4.64. The smallest absolute Gasteiger partial charge is 0.239 e. The predicted octanol–water partition coefficient (Wildman–Crippen LogP) is 1.44. The Hall–Kier alpha value is -0.610. The van der Waals surface area contributed by atoms with Crippen molar-refractivity contribution < 1.29 is 9.53 Å². The lowest BCUT2D eigenvalue weighted by molar-refractivity contribution is -0.126. The molecule has 1 amide bonds. The van der Waals surface area contributed by atoms with Gasteiger partial charge in [-0.05, 0) is 39.0 Å². The van der Waals surface area contributed by atoms with E-state index in [2.05, 4.69) is 12.2 Å². The number of carbonyl (C=O) groups excluding carboxylic acids is 1. The van der Waals surface area contributed by atoms with Crippen LogP contribution in [-0.4, -0.2) is 30.7 Å². The third-order valence-electron chi connectivity index (χ3n) is 3.43. The molecule has 0 aliphatic carbocycles. The van der Waals surface area contributed by atoms with Crippen LogP contribution in [0.15, 0.2) is 0 Å². The summed E-state index contributed by atoms with van der Waals surface area (Å²) < 4.78 is 5.48. The minimum atomic E-state index is -0.731. The molecule has 3 N–H and O–H groups in total. The molecule has 17 heavy (non-hydrogen) atoms. The molecule has 1 aliphatic heterocycles. The Bertz CT molecular complexity index is 254. The van der Waals surface area contributed by atoms with E-state index in [9.17, 15) is 4.79 Å². The van der Waals surface area contributed by atoms with Crippen LogP contribution in [0.25, 0.3) is 0 Å². The molecule has 3 atom stereocenters. The fourth-order valence-electron chi connectivity index (χ4n) is 2.35. The van der Waals surface area contributed by atoms with E-state index in [1.165, 1.54) is 0 Å². The van der Waals surface area contributed by atoms with Crippen molar-refractivity contribution in [3.05, 3.63) is 0 Å². The van der Waals surface area contributed by atoms with E-state index in [0.29, 0.717) is 12.0 Å². The van der Waals surface area contributed by atoms with E-state index >= 15 is 0 Å².